The van der Waals surface area contributed by atoms with Crippen molar-refractivity contribution in [3.8, 4) is 10.4 Å². The third-order valence-electron chi connectivity index (χ3n) is 7.15. The van der Waals surface area contributed by atoms with Gasteiger partial charge in [0.2, 0.25) is 11.8 Å². The zero-order valence-electron chi connectivity index (χ0n) is 25.3. The molecule has 3 rings (SSSR count). The average molecular weight is 606 g/mol. The molecule has 2 heterocycles. The van der Waals surface area contributed by atoms with E-state index in [1.807, 2.05) is 62.4 Å². The largest absolute Gasteiger partial charge is 0.392 e. The number of likely N-dealkylation sites (tertiary alicyclic amines) is 1. The number of nitrogens with zero attached hydrogens (tertiary/aromatic N) is 2. The number of aliphatic hydroxyl groups excluding tert-OH is 1. The number of ether oxygens (including phenoxy) is 3. The van der Waals surface area contributed by atoms with Crippen LogP contribution in [0, 0.1) is 12.3 Å². The summed E-state index contributed by atoms with van der Waals surface area (Å²) in [6, 6.07) is 7.36. The summed E-state index contributed by atoms with van der Waals surface area (Å²) in [6.45, 7) is 11.7. The van der Waals surface area contributed by atoms with Crippen molar-refractivity contribution >= 4 is 23.2 Å². The molecule has 0 aliphatic carbocycles. The van der Waals surface area contributed by atoms with E-state index < -0.39 is 12.1 Å². The van der Waals surface area contributed by atoms with Crippen LogP contribution in [0.3, 0.4) is 0 Å². The minimum absolute atomic E-state index is 0.0898. The summed E-state index contributed by atoms with van der Waals surface area (Å²) < 4.78 is 16.1. The first-order chi connectivity index (χ1) is 20.1. The third kappa shape index (κ3) is 11.0. The van der Waals surface area contributed by atoms with Gasteiger partial charge in [0.25, 0.3) is 0 Å². The number of amides is 2. The van der Waals surface area contributed by atoms with Crippen LogP contribution in [0.2, 0.25) is 0 Å². The van der Waals surface area contributed by atoms with Gasteiger partial charge in [-0.25, -0.2) is 4.98 Å². The van der Waals surface area contributed by atoms with Crippen molar-refractivity contribution in [2.75, 3.05) is 59.3 Å². The molecule has 1 aliphatic heterocycles. The number of rotatable bonds is 17. The summed E-state index contributed by atoms with van der Waals surface area (Å²) in [4.78, 5) is 33.3. The number of carbonyl (C=O) groups is 2. The molecule has 5 N–H and O–H groups in total. The van der Waals surface area contributed by atoms with E-state index in [0.717, 1.165) is 21.7 Å². The van der Waals surface area contributed by atoms with Crippen LogP contribution in [-0.2, 0) is 30.3 Å². The smallest absolute Gasteiger partial charge is 0.246 e. The van der Waals surface area contributed by atoms with Crippen LogP contribution >= 0.6 is 11.3 Å². The van der Waals surface area contributed by atoms with Gasteiger partial charge in [-0.3, -0.25) is 14.5 Å². The molecule has 12 heteroatoms. The minimum Gasteiger partial charge on any atom is -0.392 e. The zero-order valence-corrected chi connectivity index (χ0v) is 26.1. The topological polar surface area (TPSA) is 148 Å². The summed E-state index contributed by atoms with van der Waals surface area (Å²) in [5, 5.41) is 16.5. The first kappa shape index (κ1) is 34.0. The Balaban J connectivity index is 1.46. The van der Waals surface area contributed by atoms with Crippen molar-refractivity contribution in [3.05, 3.63) is 41.0 Å². The molecule has 2 aromatic rings. The van der Waals surface area contributed by atoms with Gasteiger partial charge in [0.1, 0.15) is 6.61 Å². The number of aryl methyl sites for hydroxylation is 1. The van der Waals surface area contributed by atoms with E-state index in [0.29, 0.717) is 65.6 Å². The van der Waals surface area contributed by atoms with Gasteiger partial charge in [0.15, 0.2) is 0 Å². The van der Waals surface area contributed by atoms with E-state index in [9.17, 15) is 14.7 Å². The quantitative estimate of drug-likeness (QED) is 0.198. The van der Waals surface area contributed by atoms with Gasteiger partial charge in [-0.05, 0) is 29.9 Å². The molecular formula is C30H47N5O6S. The molecule has 0 unspecified atom stereocenters. The Kier molecular flexibility index (Phi) is 13.8. The number of nitrogens with two attached hydrogens (primary N) is 1. The molecule has 0 radical (unpaired) electrons. The van der Waals surface area contributed by atoms with Gasteiger partial charge >= 0.3 is 0 Å². The molecule has 1 aliphatic rings. The van der Waals surface area contributed by atoms with Crippen molar-refractivity contribution in [2.45, 2.75) is 58.8 Å². The molecular weight excluding hydrogens is 558 g/mol. The molecule has 0 bridgehead atoms. The molecule has 0 spiro atoms. The van der Waals surface area contributed by atoms with Gasteiger partial charge < -0.3 is 35.7 Å². The maximum Gasteiger partial charge on any atom is 0.246 e. The molecule has 1 aromatic carbocycles. The highest BCUT2D eigenvalue weighted by Crippen LogP contribution is 2.28. The number of aromatic nitrogens is 1. The van der Waals surface area contributed by atoms with E-state index in [1.165, 1.54) is 0 Å². The Bertz CT molecular complexity index is 1110. The standard InChI is InChI=1S/C30H47N5O6S/c1-21-28(42-20-33-21)23-7-5-22(6-8-23)16-32-29(38)25-15-24(36)17-35(25)18-26(30(2,3)4)34-27(37)19-41-14-13-40-12-11-39-10-9-31/h5-8,20,24-26,36H,9-19,31H2,1-4H3,(H,32,38)(H,34,37)/t24-,25+,26-/m1/s1. The maximum atomic E-state index is 13.2. The van der Waals surface area contributed by atoms with E-state index in [4.69, 9.17) is 19.9 Å². The van der Waals surface area contributed by atoms with E-state index >= 15 is 0 Å². The summed E-state index contributed by atoms with van der Waals surface area (Å²) in [5.74, 6) is -0.372. The van der Waals surface area contributed by atoms with Crippen LogP contribution in [0.5, 0.6) is 0 Å². The maximum absolute atomic E-state index is 13.2. The number of benzene rings is 1. The fourth-order valence-corrected chi connectivity index (χ4v) is 5.52. The zero-order chi connectivity index (χ0) is 30.5. The molecule has 234 valence electrons. The minimum atomic E-state index is -0.608. The SMILES string of the molecule is Cc1ncsc1-c1ccc(CNC(=O)[C@@H]2C[C@@H](O)CN2C[C@@H](NC(=O)COCCOCCOCCN)C(C)(C)C)cc1. The van der Waals surface area contributed by atoms with Crippen LogP contribution in [-0.4, -0.2) is 104 Å². The highest BCUT2D eigenvalue weighted by atomic mass is 32.1. The van der Waals surface area contributed by atoms with Crippen LogP contribution < -0.4 is 16.4 Å². The highest BCUT2D eigenvalue weighted by molar-refractivity contribution is 7.13. The van der Waals surface area contributed by atoms with Gasteiger partial charge in [-0.15, -0.1) is 11.3 Å². The molecule has 3 atom stereocenters. The lowest BCUT2D eigenvalue weighted by Gasteiger charge is -2.36. The number of nitrogens with one attached hydrogen (secondary N) is 2. The molecule has 42 heavy (non-hydrogen) atoms. The summed E-state index contributed by atoms with van der Waals surface area (Å²) >= 11 is 1.61. The van der Waals surface area contributed by atoms with Gasteiger partial charge in [-0.1, -0.05) is 45.0 Å². The Morgan fingerprint density at radius 2 is 1.79 bits per heavy atom. The van der Waals surface area contributed by atoms with Gasteiger partial charge in [0, 0.05) is 32.2 Å². The second kappa shape index (κ2) is 17.0. The van der Waals surface area contributed by atoms with Crippen LogP contribution in [0.15, 0.2) is 29.8 Å². The van der Waals surface area contributed by atoms with Gasteiger partial charge in [-0.2, -0.15) is 0 Å². The van der Waals surface area contributed by atoms with Crippen molar-refractivity contribution < 1.29 is 28.9 Å². The normalized spacial score (nSPS) is 18.2. The Morgan fingerprint density at radius 3 is 2.40 bits per heavy atom. The predicted molar refractivity (Wildman–Crippen MR) is 163 cm³/mol. The lowest BCUT2D eigenvalue weighted by molar-refractivity contribution is -0.128. The van der Waals surface area contributed by atoms with Gasteiger partial charge in [0.05, 0.1) is 61.3 Å². The molecule has 2 amide bonds. The molecule has 1 fully saturated rings. The average Bonchev–Trinajstić information content (AvgIpc) is 3.55. The Labute approximate surface area is 253 Å². The molecule has 0 saturated carbocycles. The number of thiazole rings is 1. The Hall–Kier alpha value is -2.45. The Morgan fingerprint density at radius 1 is 1.12 bits per heavy atom. The van der Waals surface area contributed by atoms with Crippen LogP contribution in [0.4, 0.5) is 0 Å². The number of carbonyl (C=O) groups excluding carboxylic acids is 2. The second-order valence-electron chi connectivity index (χ2n) is 11.6. The van der Waals surface area contributed by atoms with E-state index in [2.05, 4.69) is 15.6 Å². The predicted octanol–water partition coefficient (Wildman–Crippen LogP) is 1.71. The van der Waals surface area contributed by atoms with Crippen LogP contribution in [0.25, 0.3) is 10.4 Å². The fourth-order valence-electron chi connectivity index (χ4n) is 4.71. The molecule has 11 nitrogen and oxygen atoms in total. The fraction of sp³-hybridized carbons (Fsp3) is 0.633. The second-order valence-corrected chi connectivity index (χ2v) is 12.4. The van der Waals surface area contributed by atoms with Crippen molar-refractivity contribution in [3.63, 3.8) is 0 Å². The third-order valence-corrected chi connectivity index (χ3v) is 8.13. The lowest BCUT2D eigenvalue weighted by atomic mass is 9.86. The number of hydrogen-bond acceptors (Lipinski definition) is 10. The molecule has 1 saturated heterocycles. The first-order valence-corrected chi connectivity index (χ1v) is 15.4. The summed E-state index contributed by atoms with van der Waals surface area (Å²) in [7, 11) is 0. The van der Waals surface area contributed by atoms with Crippen molar-refractivity contribution in [1.29, 1.82) is 0 Å². The highest BCUT2D eigenvalue weighted by Gasteiger charge is 2.39. The lowest BCUT2D eigenvalue weighted by Crippen LogP contribution is -2.54. The number of aliphatic hydroxyl groups is 1. The first-order valence-electron chi connectivity index (χ1n) is 14.5. The van der Waals surface area contributed by atoms with E-state index in [-0.39, 0.29) is 29.9 Å². The number of hydrogen-bond donors (Lipinski definition) is 4. The van der Waals surface area contributed by atoms with Crippen molar-refractivity contribution in [2.24, 2.45) is 11.1 Å². The van der Waals surface area contributed by atoms with Crippen molar-refractivity contribution in [1.82, 2.24) is 20.5 Å². The molecule has 1 aromatic heterocycles. The van der Waals surface area contributed by atoms with Crippen LogP contribution in [0.1, 0.15) is 38.4 Å². The summed E-state index contributed by atoms with van der Waals surface area (Å²) in [5.41, 5.74) is 10.0. The number of β-amino-alcohol motifs (C(OH)–C–C–N with tert-alkyl or cyclic N) is 1. The monoisotopic (exact) mass is 605 g/mol. The summed E-state index contributed by atoms with van der Waals surface area (Å²) in [6.07, 6.45) is -0.260. The van der Waals surface area contributed by atoms with E-state index in [1.54, 1.807) is 11.3 Å².